The van der Waals surface area contributed by atoms with Crippen molar-refractivity contribution >= 4 is 11.6 Å². The molecule has 0 radical (unpaired) electrons. The molecule has 1 aliphatic rings. The van der Waals surface area contributed by atoms with Crippen molar-refractivity contribution in [3.05, 3.63) is 36.7 Å². The van der Waals surface area contributed by atoms with Crippen molar-refractivity contribution < 1.29 is 18.7 Å². The van der Waals surface area contributed by atoms with Crippen LogP contribution in [0.2, 0.25) is 0 Å². The summed E-state index contributed by atoms with van der Waals surface area (Å²) in [7, 11) is 0. The first-order valence-electron chi connectivity index (χ1n) is 6.94. The summed E-state index contributed by atoms with van der Waals surface area (Å²) in [4.78, 5) is 18.8. The van der Waals surface area contributed by atoms with Crippen molar-refractivity contribution in [2.75, 3.05) is 5.32 Å². The molecule has 0 bridgehead atoms. The first-order chi connectivity index (χ1) is 10.4. The fourth-order valence-corrected chi connectivity index (χ4v) is 2.41. The van der Waals surface area contributed by atoms with Crippen LogP contribution in [0.3, 0.4) is 0 Å². The Hall–Kier alpha value is -2.28. The Bertz CT molecular complexity index is 682. The summed E-state index contributed by atoms with van der Waals surface area (Å²) in [5.41, 5.74) is -1.34. The van der Waals surface area contributed by atoms with Crippen LogP contribution in [0.15, 0.2) is 36.7 Å². The monoisotopic (exact) mass is 307 g/mol. The van der Waals surface area contributed by atoms with E-state index in [1.54, 1.807) is 24.5 Å². The number of hydrogen-bond donors (Lipinski definition) is 3. The SMILES string of the molecule is O=C(Nc1cccc(-c2ncc[nH]2)c1)C(F)(F)C1(O)CCC1. The van der Waals surface area contributed by atoms with E-state index in [1.807, 2.05) is 0 Å². The highest BCUT2D eigenvalue weighted by atomic mass is 19.3. The maximum Gasteiger partial charge on any atom is 0.352 e. The van der Waals surface area contributed by atoms with Gasteiger partial charge < -0.3 is 15.4 Å². The molecule has 1 aromatic heterocycles. The number of hydrogen-bond acceptors (Lipinski definition) is 3. The van der Waals surface area contributed by atoms with E-state index in [0.29, 0.717) is 17.8 Å². The molecule has 0 atom stereocenters. The summed E-state index contributed by atoms with van der Waals surface area (Å²) in [6.45, 7) is 0. The summed E-state index contributed by atoms with van der Waals surface area (Å²) in [6, 6.07) is 6.42. The van der Waals surface area contributed by atoms with E-state index in [2.05, 4.69) is 15.3 Å². The van der Waals surface area contributed by atoms with Crippen LogP contribution >= 0.6 is 0 Å². The minimum absolute atomic E-state index is 0.0696. The number of nitrogens with zero attached hydrogens (tertiary/aromatic N) is 1. The molecular weight excluding hydrogens is 292 g/mol. The van der Waals surface area contributed by atoms with Gasteiger partial charge in [0.25, 0.3) is 5.91 Å². The Morgan fingerprint density at radius 1 is 1.41 bits per heavy atom. The molecule has 1 saturated carbocycles. The average Bonchev–Trinajstić information content (AvgIpc) is 2.99. The molecule has 22 heavy (non-hydrogen) atoms. The van der Waals surface area contributed by atoms with Gasteiger partial charge in [0.05, 0.1) is 0 Å². The first kappa shape index (κ1) is 14.6. The number of alkyl halides is 2. The van der Waals surface area contributed by atoms with Crippen molar-refractivity contribution in [1.29, 1.82) is 0 Å². The van der Waals surface area contributed by atoms with Crippen LogP contribution in [0, 0.1) is 0 Å². The number of aromatic nitrogens is 2. The van der Waals surface area contributed by atoms with Crippen molar-refractivity contribution in [3.8, 4) is 11.4 Å². The zero-order valence-electron chi connectivity index (χ0n) is 11.6. The van der Waals surface area contributed by atoms with Gasteiger partial charge in [-0.15, -0.1) is 0 Å². The second-order valence-electron chi connectivity index (χ2n) is 5.43. The molecule has 1 amide bonds. The largest absolute Gasteiger partial charge is 0.383 e. The summed E-state index contributed by atoms with van der Waals surface area (Å²) in [5, 5.41) is 11.9. The van der Waals surface area contributed by atoms with E-state index >= 15 is 0 Å². The number of aliphatic hydroxyl groups is 1. The topological polar surface area (TPSA) is 78.0 Å². The molecule has 7 heteroatoms. The second-order valence-corrected chi connectivity index (χ2v) is 5.43. The highest BCUT2D eigenvalue weighted by molar-refractivity contribution is 5.97. The lowest BCUT2D eigenvalue weighted by molar-refractivity contribution is -0.212. The summed E-state index contributed by atoms with van der Waals surface area (Å²) in [5.74, 6) is -4.74. The van der Waals surface area contributed by atoms with Crippen LogP contribution in [0.1, 0.15) is 19.3 Å². The molecule has 116 valence electrons. The third-order valence-electron chi connectivity index (χ3n) is 3.94. The molecule has 1 aliphatic carbocycles. The van der Waals surface area contributed by atoms with Crippen molar-refractivity contribution in [3.63, 3.8) is 0 Å². The lowest BCUT2D eigenvalue weighted by atomic mass is 9.75. The zero-order chi connectivity index (χ0) is 15.8. The van der Waals surface area contributed by atoms with E-state index in [9.17, 15) is 18.7 Å². The number of rotatable bonds is 4. The molecule has 1 aromatic carbocycles. The molecule has 1 heterocycles. The number of halogens is 2. The van der Waals surface area contributed by atoms with Gasteiger partial charge in [-0.25, -0.2) is 4.98 Å². The summed E-state index contributed by atoms with van der Waals surface area (Å²) >= 11 is 0. The van der Waals surface area contributed by atoms with E-state index in [-0.39, 0.29) is 18.5 Å². The Balaban J connectivity index is 1.78. The number of aromatic amines is 1. The predicted molar refractivity (Wildman–Crippen MR) is 76.4 cm³/mol. The third-order valence-corrected chi connectivity index (χ3v) is 3.94. The van der Waals surface area contributed by atoms with Gasteiger partial charge in [0, 0.05) is 23.6 Å². The van der Waals surface area contributed by atoms with Gasteiger partial charge in [0.15, 0.2) is 0 Å². The number of nitrogens with one attached hydrogen (secondary N) is 2. The van der Waals surface area contributed by atoms with Gasteiger partial charge in [-0.2, -0.15) is 8.78 Å². The second kappa shape index (κ2) is 5.17. The molecule has 0 spiro atoms. The normalized spacial score (nSPS) is 16.9. The van der Waals surface area contributed by atoms with Gasteiger partial charge in [-0.05, 0) is 31.4 Å². The smallest absolute Gasteiger partial charge is 0.352 e. The molecule has 2 aromatic rings. The minimum Gasteiger partial charge on any atom is -0.383 e. The number of carbonyl (C=O) groups is 1. The van der Waals surface area contributed by atoms with E-state index < -0.39 is 17.4 Å². The highest BCUT2D eigenvalue weighted by Gasteiger charge is 2.61. The van der Waals surface area contributed by atoms with Gasteiger partial charge in [0.1, 0.15) is 11.4 Å². The van der Waals surface area contributed by atoms with Crippen LogP contribution < -0.4 is 5.32 Å². The van der Waals surface area contributed by atoms with Crippen LogP contribution in [-0.2, 0) is 4.79 Å². The molecule has 1 fully saturated rings. The molecular formula is C15H15F2N3O2. The van der Waals surface area contributed by atoms with Crippen molar-refractivity contribution in [1.82, 2.24) is 9.97 Å². The number of benzene rings is 1. The van der Waals surface area contributed by atoms with Crippen LogP contribution in [0.5, 0.6) is 0 Å². The van der Waals surface area contributed by atoms with Crippen molar-refractivity contribution in [2.45, 2.75) is 30.8 Å². The first-order valence-corrected chi connectivity index (χ1v) is 6.94. The van der Waals surface area contributed by atoms with Crippen LogP contribution in [-0.4, -0.2) is 32.5 Å². The van der Waals surface area contributed by atoms with Gasteiger partial charge in [-0.3, -0.25) is 4.79 Å². The van der Waals surface area contributed by atoms with Gasteiger partial charge in [-0.1, -0.05) is 12.1 Å². The van der Waals surface area contributed by atoms with Crippen LogP contribution in [0.25, 0.3) is 11.4 Å². The summed E-state index contributed by atoms with van der Waals surface area (Å²) < 4.78 is 28.1. The number of amides is 1. The van der Waals surface area contributed by atoms with E-state index in [1.165, 1.54) is 12.1 Å². The van der Waals surface area contributed by atoms with Crippen molar-refractivity contribution in [2.24, 2.45) is 0 Å². The lowest BCUT2D eigenvalue weighted by Gasteiger charge is -2.41. The third kappa shape index (κ3) is 2.37. The molecule has 0 aliphatic heterocycles. The molecule has 3 rings (SSSR count). The Morgan fingerprint density at radius 3 is 2.77 bits per heavy atom. The minimum atomic E-state index is -3.81. The predicted octanol–water partition coefficient (Wildman–Crippen LogP) is 2.57. The van der Waals surface area contributed by atoms with Crippen LogP contribution in [0.4, 0.5) is 14.5 Å². The fourth-order valence-electron chi connectivity index (χ4n) is 2.41. The van der Waals surface area contributed by atoms with Gasteiger partial charge in [0.2, 0.25) is 0 Å². The highest BCUT2D eigenvalue weighted by Crippen LogP contribution is 2.44. The maximum absolute atomic E-state index is 14.0. The molecule has 5 nitrogen and oxygen atoms in total. The Kier molecular flexibility index (Phi) is 3.44. The lowest BCUT2D eigenvalue weighted by Crippen LogP contribution is -2.59. The number of H-pyrrole nitrogens is 1. The quantitative estimate of drug-likeness (QED) is 0.812. The summed E-state index contributed by atoms with van der Waals surface area (Å²) in [6.07, 6.45) is 3.56. The van der Waals surface area contributed by atoms with Gasteiger partial charge >= 0.3 is 5.92 Å². The standard InChI is InChI=1S/C15H15F2N3O2/c16-15(17,14(22)5-2-6-14)13(21)20-11-4-1-3-10(9-11)12-18-7-8-19-12/h1,3-4,7-9,22H,2,5-6H2,(H,18,19)(H,20,21). The number of anilines is 1. The molecule has 3 N–H and O–H groups in total. The number of imidazole rings is 1. The molecule has 0 saturated heterocycles. The zero-order valence-corrected chi connectivity index (χ0v) is 11.6. The van der Waals surface area contributed by atoms with E-state index in [0.717, 1.165) is 0 Å². The Labute approximate surface area is 125 Å². The maximum atomic E-state index is 14.0. The average molecular weight is 307 g/mol. The van der Waals surface area contributed by atoms with E-state index in [4.69, 9.17) is 0 Å². The number of carbonyl (C=O) groups excluding carboxylic acids is 1. The molecule has 0 unspecified atom stereocenters. The fraction of sp³-hybridized carbons (Fsp3) is 0.333. The Morgan fingerprint density at radius 2 is 2.18 bits per heavy atom.